The van der Waals surface area contributed by atoms with Crippen molar-refractivity contribution in [2.24, 2.45) is 17.6 Å². The maximum Gasteiger partial charge on any atom is 0.147 e. The van der Waals surface area contributed by atoms with E-state index in [9.17, 15) is 4.39 Å². The molecule has 0 amide bonds. The Kier molecular flexibility index (Phi) is 5.59. The molecule has 0 saturated carbocycles. The Balaban J connectivity index is 3.00. The molecule has 1 aromatic rings. The number of aromatic nitrogens is 2. The summed E-state index contributed by atoms with van der Waals surface area (Å²) in [5.74, 6) is 0.0467. The predicted octanol–water partition coefficient (Wildman–Crippen LogP) is 3.30. The largest absolute Gasteiger partial charge is 0.330 e. The molecule has 0 fully saturated rings. The van der Waals surface area contributed by atoms with Crippen LogP contribution in [0.15, 0.2) is 10.7 Å². The van der Waals surface area contributed by atoms with Crippen molar-refractivity contribution < 1.29 is 4.39 Å². The lowest BCUT2D eigenvalue weighted by Crippen LogP contribution is -2.26. The Hall–Kier alpha value is -0.420. The molecule has 0 aliphatic rings. The molecular formula is C12H21BrFN3. The third-order valence-corrected chi connectivity index (χ3v) is 3.65. The highest BCUT2D eigenvalue weighted by atomic mass is 79.9. The summed E-state index contributed by atoms with van der Waals surface area (Å²) < 4.78 is 17.0. The van der Waals surface area contributed by atoms with Crippen LogP contribution in [0.5, 0.6) is 0 Å². The summed E-state index contributed by atoms with van der Waals surface area (Å²) in [7, 11) is 0. The first-order valence-corrected chi connectivity index (χ1v) is 6.87. The van der Waals surface area contributed by atoms with Gasteiger partial charge in [0.15, 0.2) is 0 Å². The number of hydrogen-bond acceptors (Lipinski definition) is 2. The van der Waals surface area contributed by atoms with Crippen molar-refractivity contribution in [3.05, 3.63) is 16.4 Å². The van der Waals surface area contributed by atoms with Gasteiger partial charge in [0.25, 0.3) is 0 Å². The molecule has 0 saturated heterocycles. The predicted molar refractivity (Wildman–Crippen MR) is 71.4 cm³/mol. The number of hydrogen-bond donors (Lipinski definition) is 1. The van der Waals surface area contributed by atoms with Gasteiger partial charge in [-0.05, 0) is 34.8 Å². The van der Waals surface area contributed by atoms with Crippen LogP contribution in [0.2, 0.25) is 0 Å². The maximum absolute atomic E-state index is 14.6. The molecule has 1 rings (SSSR count). The zero-order chi connectivity index (χ0) is 13.0. The molecule has 0 aliphatic carbocycles. The van der Waals surface area contributed by atoms with Crippen LogP contribution in [0.3, 0.4) is 0 Å². The van der Waals surface area contributed by atoms with E-state index >= 15 is 0 Å². The Morgan fingerprint density at radius 2 is 2.18 bits per heavy atom. The van der Waals surface area contributed by atoms with Gasteiger partial charge in [0.1, 0.15) is 6.17 Å². The second kappa shape index (κ2) is 6.50. The zero-order valence-corrected chi connectivity index (χ0v) is 12.2. The summed E-state index contributed by atoms with van der Waals surface area (Å²) in [6.07, 6.45) is 1.53. The monoisotopic (exact) mass is 305 g/mol. The van der Waals surface area contributed by atoms with Crippen LogP contribution in [-0.2, 0) is 6.54 Å². The average molecular weight is 306 g/mol. The minimum absolute atomic E-state index is 0.168. The summed E-state index contributed by atoms with van der Waals surface area (Å²) in [5.41, 5.74) is 6.29. The molecule has 0 bridgehead atoms. The molecular weight excluding hydrogens is 285 g/mol. The molecule has 0 spiro atoms. The van der Waals surface area contributed by atoms with Gasteiger partial charge in [0.2, 0.25) is 0 Å². The van der Waals surface area contributed by atoms with Gasteiger partial charge in [-0.3, -0.25) is 4.68 Å². The van der Waals surface area contributed by atoms with Crippen molar-refractivity contribution in [1.29, 1.82) is 0 Å². The summed E-state index contributed by atoms with van der Waals surface area (Å²) in [6.45, 7) is 7.13. The highest BCUT2D eigenvalue weighted by Crippen LogP contribution is 2.35. The van der Waals surface area contributed by atoms with Crippen molar-refractivity contribution in [2.45, 2.75) is 39.9 Å². The van der Waals surface area contributed by atoms with E-state index in [1.807, 2.05) is 13.8 Å². The number of halogens is 2. The third kappa shape index (κ3) is 3.28. The number of alkyl halides is 1. The number of rotatable bonds is 6. The van der Waals surface area contributed by atoms with Crippen LogP contribution in [0, 0.1) is 11.8 Å². The van der Waals surface area contributed by atoms with Gasteiger partial charge in [0, 0.05) is 12.5 Å². The van der Waals surface area contributed by atoms with Crippen LogP contribution in [-0.4, -0.2) is 16.3 Å². The van der Waals surface area contributed by atoms with E-state index in [0.717, 1.165) is 17.4 Å². The minimum Gasteiger partial charge on any atom is -0.330 e. The van der Waals surface area contributed by atoms with Crippen molar-refractivity contribution >= 4 is 15.9 Å². The van der Waals surface area contributed by atoms with Crippen LogP contribution >= 0.6 is 15.9 Å². The van der Waals surface area contributed by atoms with E-state index in [1.165, 1.54) is 0 Å². The maximum atomic E-state index is 14.6. The molecule has 0 aliphatic heterocycles. The van der Waals surface area contributed by atoms with E-state index in [-0.39, 0.29) is 11.8 Å². The third-order valence-electron chi connectivity index (χ3n) is 3.03. The smallest absolute Gasteiger partial charge is 0.147 e. The highest BCUT2D eigenvalue weighted by molar-refractivity contribution is 9.10. The van der Waals surface area contributed by atoms with Gasteiger partial charge in [-0.25, -0.2) is 4.39 Å². The van der Waals surface area contributed by atoms with Gasteiger partial charge in [-0.15, -0.1) is 0 Å². The van der Waals surface area contributed by atoms with Crippen LogP contribution in [0.4, 0.5) is 4.39 Å². The van der Waals surface area contributed by atoms with E-state index in [2.05, 4.69) is 28.0 Å². The summed E-state index contributed by atoms with van der Waals surface area (Å²) >= 11 is 3.37. The van der Waals surface area contributed by atoms with E-state index in [1.54, 1.807) is 10.9 Å². The fourth-order valence-electron chi connectivity index (χ4n) is 1.97. The van der Waals surface area contributed by atoms with Gasteiger partial charge >= 0.3 is 0 Å². The topological polar surface area (TPSA) is 43.8 Å². The molecule has 0 radical (unpaired) electrons. The van der Waals surface area contributed by atoms with E-state index in [4.69, 9.17) is 5.73 Å². The number of aryl methyl sites for hydroxylation is 1. The normalized spacial score (nSPS) is 15.2. The van der Waals surface area contributed by atoms with Crippen LogP contribution < -0.4 is 5.73 Å². The first kappa shape index (κ1) is 14.6. The fraction of sp³-hybridized carbons (Fsp3) is 0.750. The average Bonchev–Trinajstić information content (AvgIpc) is 2.60. The molecule has 5 heteroatoms. The van der Waals surface area contributed by atoms with Gasteiger partial charge < -0.3 is 5.73 Å². The van der Waals surface area contributed by atoms with E-state index < -0.39 is 6.17 Å². The Bertz CT molecular complexity index is 352. The zero-order valence-electron chi connectivity index (χ0n) is 10.7. The van der Waals surface area contributed by atoms with E-state index in [0.29, 0.717) is 12.2 Å². The lowest BCUT2D eigenvalue weighted by molar-refractivity contribution is 0.176. The van der Waals surface area contributed by atoms with Gasteiger partial charge in [-0.1, -0.05) is 20.8 Å². The molecule has 98 valence electrons. The lowest BCUT2D eigenvalue weighted by Gasteiger charge is -2.24. The van der Waals surface area contributed by atoms with Gasteiger partial charge in [0.05, 0.1) is 16.4 Å². The highest BCUT2D eigenvalue weighted by Gasteiger charge is 2.29. The molecule has 3 nitrogen and oxygen atoms in total. The van der Waals surface area contributed by atoms with Crippen LogP contribution in [0.25, 0.3) is 0 Å². The quantitative estimate of drug-likeness (QED) is 0.876. The van der Waals surface area contributed by atoms with Crippen molar-refractivity contribution in [1.82, 2.24) is 9.78 Å². The molecule has 2 N–H and O–H groups in total. The Morgan fingerprint density at radius 3 is 2.65 bits per heavy atom. The van der Waals surface area contributed by atoms with Gasteiger partial charge in [-0.2, -0.15) is 5.10 Å². The minimum atomic E-state index is -1.07. The molecule has 2 unspecified atom stereocenters. The second-order valence-corrected chi connectivity index (χ2v) is 5.50. The fourth-order valence-corrected chi connectivity index (χ4v) is 2.48. The number of nitrogens with zero attached hydrogens (tertiary/aromatic N) is 2. The molecule has 2 atom stereocenters. The Morgan fingerprint density at radius 1 is 1.53 bits per heavy atom. The lowest BCUT2D eigenvalue weighted by atomic mass is 9.89. The SMILES string of the molecule is CCCn1ncc(Br)c1C(F)C(CN)C(C)C. The first-order valence-electron chi connectivity index (χ1n) is 6.08. The summed E-state index contributed by atoms with van der Waals surface area (Å²) in [4.78, 5) is 0. The second-order valence-electron chi connectivity index (χ2n) is 4.65. The standard InChI is InChI=1S/C12H21BrFN3/c1-4-5-17-12(10(13)7-16-17)11(14)9(6-15)8(2)3/h7-9,11H,4-6,15H2,1-3H3. The van der Waals surface area contributed by atoms with Crippen molar-refractivity contribution in [2.75, 3.05) is 6.54 Å². The van der Waals surface area contributed by atoms with Crippen molar-refractivity contribution in [3.63, 3.8) is 0 Å². The van der Waals surface area contributed by atoms with Crippen molar-refractivity contribution in [3.8, 4) is 0 Å². The Labute approximate surface area is 111 Å². The molecule has 0 aromatic carbocycles. The summed E-state index contributed by atoms with van der Waals surface area (Å²) in [6, 6.07) is 0. The van der Waals surface area contributed by atoms with Crippen LogP contribution in [0.1, 0.15) is 39.1 Å². The molecule has 1 aromatic heterocycles. The molecule has 17 heavy (non-hydrogen) atoms. The number of nitrogens with two attached hydrogens (primary N) is 1. The first-order chi connectivity index (χ1) is 8.02. The molecule has 1 heterocycles. The summed E-state index contributed by atoms with van der Waals surface area (Å²) in [5, 5.41) is 4.19.